The Morgan fingerprint density at radius 2 is 0.867 bits per heavy atom. The van der Waals surface area contributed by atoms with Gasteiger partial charge in [0, 0.05) is 6.42 Å². The van der Waals surface area contributed by atoms with Gasteiger partial charge < -0.3 is 45.1 Å². The molecule has 1 aliphatic rings. The largest absolute Gasteiger partial charge is 0.454 e. The number of unbranched alkanes of at least 4 members (excludes halogenated alkanes) is 23. The maximum absolute atomic E-state index is 13.5. The van der Waals surface area contributed by atoms with Crippen molar-refractivity contribution in [1.29, 1.82) is 0 Å². The van der Waals surface area contributed by atoms with Crippen molar-refractivity contribution in [2.24, 2.45) is 0 Å². The van der Waals surface area contributed by atoms with Crippen molar-refractivity contribution < 1.29 is 49.3 Å². The van der Waals surface area contributed by atoms with Crippen LogP contribution in [0.15, 0.2) is 122 Å². The molecule has 8 atom stereocenters. The van der Waals surface area contributed by atoms with E-state index < -0.39 is 67.4 Å². The van der Waals surface area contributed by atoms with Gasteiger partial charge in [0.25, 0.3) is 0 Å². The van der Waals surface area contributed by atoms with Crippen LogP contribution in [-0.2, 0) is 23.8 Å². The summed E-state index contributed by atoms with van der Waals surface area (Å²) in [6.07, 6.45) is 70.9. The number of rotatable bonds is 55. The predicted octanol–water partition coefficient (Wildman–Crippen LogP) is 16.6. The minimum atomic E-state index is -1.64. The lowest BCUT2D eigenvalue weighted by Crippen LogP contribution is -2.61. The highest BCUT2D eigenvalue weighted by Crippen LogP contribution is 2.26. The zero-order valence-corrected chi connectivity index (χ0v) is 52.5. The molecule has 8 unspecified atom stereocenters. The van der Waals surface area contributed by atoms with Crippen molar-refractivity contribution in [3.63, 3.8) is 0 Å². The van der Waals surface area contributed by atoms with Crippen molar-refractivity contribution in [2.45, 2.75) is 307 Å². The summed E-state index contributed by atoms with van der Waals surface area (Å²) in [5, 5.41) is 57.1. The van der Waals surface area contributed by atoms with E-state index in [1.54, 1.807) is 6.08 Å². The SMILES string of the molecule is CC/C=C\C/C=C\C/C=C\C/C=C\C/C=C\CCCCCCCCCCC(O)C(=O)NC(COC1OC(CO)C(O)C(O)C1OC(=O)CCCCC/C=C\C/C=C\C/C=C\C/C=C\CCCCC)C(O)/C=C/CCCCCCCCCCC. The van der Waals surface area contributed by atoms with Crippen LogP contribution < -0.4 is 5.32 Å². The zero-order valence-electron chi connectivity index (χ0n) is 52.5. The Bertz CT molecular complexity index is 1810. The van der Waals surface area contributed by atoms with Gasteiger partial charge in [0.15, 0.2) is 12.4 Å². The van der Waals surface area contributed by atoms with E-state index in [1.165, 1.54) is 83.5 Å². The van der Waals surface area contributed by atoms with Gasteiger partial charge >= 0.3 is 5.97 Å². The van der Waals surface area contributed by atoms with E-state index in [-0.39, 0.29) is 19.4 Å². The number of hydrogen-bond acceptors (Lipinski definition) is 10. The monoisotopic (exact) mass is 1160 g/mol. The van der Waals surface area contributed by atoms with Gasteiger partial charge in [0.1, 0.15) is 24.4 Å². The molecule has 11 heteroatoms. The molecule has 1 saturated heterocycles. The number of esters is 1. The van der Waals surface area contributed by atoms with Gasteiger partial charge in [-0.05, 0) is 116 Å². The van der Waals surface area contributed by atoms with Gasteiger partial charge in [-0.1, -0.05) is 258 Å². The summed E-state index contributed by atoms with van der Waals surface area (Å²) in [4.78, 5) is 26.6. The molecule has 6 N–H and O–H groups in total. The molecule has 0 spiro atoms. The van der Waals surface area contributed by atoms with E-state index >= 15 is 0 Å². The van der Waals surface area contributed by atoms with Gasteiger partial charge in [-0.15, -0.1) is 0 Å². The number of aliphatic hydroxyl groups is 5. The number of carbonyl (C=O) groups is 2. The second-order valence-electron chi connectivity index (χ2n) is 22.5. The summed E-state index contributed by atoms with van der Waals surface area (Å²) in [6.45, 7) is 5.62. The molecule has 0 saturated carbocycles. The maximum Gasteiger partial charge on any atom is 0.306 e. The first-order chi connectivity index (χ1) is 40.7. The average Bonchev–Trinajstić information content (AvgIpc) is 3.52. The van der Waals surface area contributed by atoms with Crippen LogP contribution in [0, 0.1) is 0 Å². The number of carbonyl (C=O) groups excluding carboxylic acids is 2. The van der Waals surface area contributed by atoms with Crippen LogP contribution in [-0.4, -0.2) is 99.6 Å². The number of ether oxygens (including phenoxy) is 3. The Morgan fingerprint density at radius 1 is 0.482 bits per heavy atom. The first-order valence-electron chi connectivity index (χ1n) is 33.3. The van der Waals surface area contributed by atoms with Gasteiger partial charge in [0.05, 0.1) is 25.4 Å². The summed E-state index contributed by atoms with van der Waals surface area (Å²) in [5.41, 5.74) is 0. The number of nitrogens with one attached hydrogen (secondary N) is 1. The molecule has 474 valence electrons. The minimum absolute atomic E-state index is 0.0795. The Labute approximate surface area is 506 Å². The highest BCUT2D eigenvalue weighted by atomic mass is 16.7. The molecule has 1 aliphatic heterocycles. The van der Waals surface area contributed by atoms with Crippen molar-refractivity contribution in [3.8, 4) is 0 Å². The van der Waals surface area contributed by atoms with Crippen molar-refractivity contribution in [2.75, 3.05) is 13.2 Å². The molecule has 1 heterocycles. The maximum atomic E-state index is 13.5. The quantitative estimate of drug-likeness (QED) is 0.0195. The van der Waals surface area contributed by atoms with E-state index in [1.807, 2.05) is 6.08 Å². The second kappa shape index (κ2) is 58.4. The van der Waals surface area contributed by atoms with Crippen LogP contribution in [0.4, 0.5) is 0 Å². The van der Waals surface area contributed by atoms with Crippen LogP contribution in [0.1, 0.15) is 258 Å². The fourth-order valence-corrected chi connectivity index (χ4v) is 9.60. The third kappa shape index (κ3) is 46.0. The lowest BCUT2D eigenvalue weighted by Gasteiger charge is -2.41. The van der Waals surface area contributed by atoms with Crippen LogP contribution in [0.3, 0.4) is 0 Å². The molecule has 0 bridgehead atoms. The molecule has 0 aliphatic carbocycles. The first kappa shape index (κ1) is 77.1. The Morgan fingerprint density at radius 3 is 1.33 bits per heavy atom. The fraction of sp³-hybridized carbons (Fsp3) is 0.694. The highest BCUT2D eigenvalue weighted by molar-refractivity contribution is 5.80. The zero-order chi connectivity index (χ0) is 60.3. The Balaban J connectivity index is 2.64. The molecule has 0 aromatic carbocycles. The molecule has 11 nitrogen and oxygen atoms in total. The van der Waals surface area contributed by atoms with Crippen LogP contribution in [0.2, 0.25) is 0 Å². The fourth-order valence-electron chi connectivity index (χ4n) is 9.60. The van der Waals surface area contributed by atoms with Crippen molar-refractivity contribution in [1.82, 2.24) is 5.32 Å². The second-order valence-corrected chi connectivity index (χ2v) is 22.5. The third-order valence-electron chi connectivity index (χ3n) is 14.8. The molecule has 0 aromatic heterocycles. The molecule has 1 rings (SSSR count). The molecular weight excluding hydrogens is 1040 g/mol. The summed E-state index contributed by atoms with van der Waals surface area (Å²) in [5.74, 6) is -1.24. The topological polar surface area (TPSA) is 175 Å². The Hall–Kier alpha value is -3.94. The predicted molar refractivity (Wildman–Crippen MR) is 347 cm³/mol. The lowest BCUT2D eigenvalue weighted by molar-refractivity contribution is -0.305. The smallest absolute Gasteiger partial charge is 0.306 e. The summed E-state index contributed by atoms with van der Waals surface area (Å²) in [7, 11) is 0. The lowest BCUT2D eigenvalue weighted by atomic mass is 9.99. The molecule has 0 radical (unpaired) electrons. The summed E-state index contributed by atoms with van der Waals surface area (Å²) < 4.78 is 17.6. The average molecular weight is 1160 g/mol. The van der Waals surface area contributed by atoms with Crippen molar-refractivity contribution >= 4 is 11.9 Å². The van der Waals surface area contributed by atoms with E-state index in [4.69, 9.17) is 14.2 Å². The van der Waals surface area contributed by atoms with Crippen LogP contribution >= 0.6 is 0 Å². The third-order valence-corrected chi connectivity index (χ3v) is 14.8. The van der Waals surface area contributed by atoms with E-state index in [2.05, 4.69) is 135 Å². The molecular formula is C72H121NO10. The van der Waals surface area contributed by atoms with E-state index in [0.717, 1.165) is 128 Å². The standard InChI is InChI=1S/C72H121NO10/c1-4-7-10-13-16-19-22-24-26-28-30-31-32-33-34-36-37-39-41-44-47-50-53-56-59-65(76)71(80)73-63(64(75)58-55-52-49-46-43-21-18-15-12-9-6-3)62-81-72-70(69(79)68(78)66(61-74)82-72)83-67(77)60-57-54-51-48-45-42-40-38-35-29-27-25-23-20-17-14-11-8-5-2/h7,10,16-17,19-20,24-27,30-31,33-35,38,42,45,55,58,63-66,68-70,72,74-76,78-79H,4-6,8-9,11-15,18,21-23,28-29,32,36-37,39-41,43-44,46-54,56-57,59-62H2,1-3H3,(H,73,80)/b10-7-,19-16-,20-17-,26-24-,27-25-,31-30-,34-33-,38-35-,45-42-,58-55+. The Kier molecular flexibility index (Phi) is 54.3. The van der Waals surface area contributed by atoms with Crippen LogP contribution in [0.5, 0.6) is 0 Å². The molecule has 1 fully saturated rings. The summed E-state index contributed by atoms with van der Waals surface area (Å²) >= 11 is 0. The van der Waals surface area contributed by atoms with E-state index in [0.29, 0.717) is 12.8 Å². The van der Waals surface area contributed by atoms with Gasteiger partial charge in [0.2, 0.25) is 5.91 Å². The van der Waals surface area contributed by atoms with Gasteiger partial charge in [-0.2, -0.15) is 0 Å². The van der Waals surface area contributed by atoms with E-state index in [9.17, 15) is 35.1 Å². The first-order valence-corrected chi connectivity index (χ1v) is 33.3. The number of allylic oxidation sites excluding steroid dienone is 19. The molecule has 1 amide bonds. The molecule has 0 aromatic rings. The van der Waals surface area contributed by atoms with Gasteiger partial charge in [-0.25, -0.2) is 0 Å². The minimum Gasteiger partial charge on any atom is -0.454 e. The van der Waals surface area contributed by atoms with Crippen molar-refractivity contribution in [3.05, 3.63) is 122 Å². The highest BCUT2D eigenvalue weighted by Gasteiger charge is 2.47. The normalized spacial score (nSPS) is 19.3. The number of aliphatic hydroxyl groups excluding tert-OH is 5. The number of amides is 1. The van der Waals surface area contributed by atoms with Crippen LogP contribution in [0.25, 0.3) is 0 Å². The number of hydrogen-bond donors (Lipinski definition) is 6. The molecule has 83 heavy (non-hydrogen) atoms. The van der Waals surface area contributed by atoms with Gasteiger partial charge in [-0.3, -0.25) is 9.59 Å². The summed E-state index contributed by atoms with van der Waals surface area (Å²) in [6, 6.07) is -1.04.